The quantitative estimate of drug-likeness (QED) is 0.506. The molecule has 0 bridgehead atoms. The van der Waals surface area contributed by atoms with Crippen LogP contribution in [-0.2, 0) is 14.4 Å². The molecule has 0 aliphatic rings. The number of hydrogen-bond donors (Lipinski definition) is 2. The number of nitro groups is 1. The molecule has 0 fully saturated rings. The summed E-state index contributed by atoms with van der Waals surface area (Å²) in [5.74, 6) is -1.06. The normalized spacial score (nSPS) is 9.68. The third-order valence-corrected chi connectivity index (χ3v) is 1.82. The molecule has 0 saturated carbocycles. The summed E-state index contributed by atoms with van der Waals surface area (Å²) in [4.78, 5) is 35.8. The Morgan fingerprint density at radius 3 is 2.42 bits per heavy atom. The summed E-state index contributed by atoms with van der Waals surface area (Å²) in [5, 5.41) is 10.4. The highest BCUT2D eigenvalue weighted by atomic mass is 16.7. The standard InChI is InChI=1S/C10H11N3O6/c11-9(14)5-19-12-10(15)6-18-8-3-1-7(2-4-8)13(16)17/h1-4H,5-6H2,(H2,11,14)(H,12,15). The number of amides is 2. The van der Waals surface area contributed by atoms with Crippen molar-refractivity contribution in [1.29, 1.82) is 0 Å². The van der Waals surface area contributed by atoms with E-state index in [1.54, 1.807) is 0 Å². The highest BCUT2D eigenvalue weighted by Crippen LogP contribution is 2.16. The van der Waals surface area contributed by atoms with Crippen LogP contribution < -0.4 is 16.0 Å². The number of non-ortho nitro benzene ring substituents is 1. The van der Waals surface area contributed by atoms with Gasteiger partial charge >= 0.3 is 0 Å². The zero-order chi connectivity index (χ0) is 14.3. The number of carbonyl (C=O) groups is 2. The van der Waals surface area contributed by atoms with Crippen LogP contribution in [0, 0.1) is 10.1 Å². The first-order valence-electron chi connectivity index (χ1n) is 5.05. The molecular weight excluding hydrogens is 258 g/mol. The van der Waals surface area contributed by atoms with Crippen LogP contribution in [0.15, 0.2) is 24.3 Å². The third-order valence-electron chi connectivity index (χ3n) is 1.82. The molecule has 19 heavy (non-hydrogen) atoms. The average molecular weight is 269 g/mol. The van der Waals surface area contributed by atoms with E-state index in [1.807, 2.05) is 5.48 Å². The number of primary amides is 1. The highest BCUT2D eigenvalue weighted by molar-refractivity contribution is 5.77. The average Bonchev–Trinajstić information content (AvgIpc) is 2.36. The van der Waals surface area contributed by atoms with Crippen molar-refractivity contribution in [2.24, 2.45) is 5.73 Å². The van der Waals surface area contributed by atoms with E-state index < -0.39 is 23.3 Å². The Morgan fingerprint density at radius 1 is 1.26 bits per heavy atom. The number of nitro benzene ring substituents is 1. The number of rotatable bonds is 7. The number of nitrogens with two attached hydrogens (primary N) is 1. The van der Waals surface area contributed by atoms with Gasteiger partial charge in [0.1, 0.15) is 5.75 Å². The molecule has 0 aromatic heterocycles. The van der Waals surface area contributed by atoms with E-state index in [1.165, 1.54) is 24.3 Å². The van der Waals surface area contributed by atoms with Crippen molar-refractivity contribution in [2.75, 3.05) is 13.2 Å². The van der Waals surface area contributed by atoms with Crippen LogP contribution in [0.3, 0.4) is 0 Å². The van der Waals surface area contributed by atoms with E-state index in [-0.39, 0.29) is 18.0 Å². The third kappa shape index (κ3) is 5.46. The first kappa shape index (κ1) is 14.4. The number of benzene rings is 1. The SMILES string of the molecule is NC(=O)CONC(=O)COc1ccc([N+](=O)[O-])cc1. The summed E-state index contributed by atoms with van der Waals surface area (Å²) in [6.45, 7) is -0.806. The summed E-state index contributed by atoms with van der Waals surface area (Å²) >= 11 is 0. The minimum absolute atomic E-state index is 0.0819. The fraction of sp³-hybridized carbons (Fsp3) is 0.200. The minimum atomic E-state index is -0.725. The van der Waals surface area contributed by atoms with E-state index in [0.29, 0.717) is 0 Å². The fourth-order valence-electron chi connectivity index (χ4n) is 1.03. The first-order chi connectivity index (χ1) is 8.99. The molecule has 0 heterocycles. The monoisotopic (exact) mass is 269 g/mol. The molecule has 0 radical (unpaired) electrons. The number of nitrogens with one attached hydrogen (secondary N) is 1. The van der Waals surface area contributed by atoms with Gasteiger partial charge in [-0.3, -0.25) is 24.5 Å². The minimum Gasteiger partial charge on any atom is -0.484 e. The van der Waals surface area contributed by atoms with Gasteiger partial charge in [0.05, 0.1) is 4.92 Å². The van der Waals surface area contributed by atoms with Gasteiger partial charge in [0.15, 0.2) is 13.2 Å². The number of nitrogens with zero attached hydrogens (tertiary/aromatic N) is 1. The Bertz CT molecular complexity index is 473. The van der Waals surface area contributed by atoms with Crippen LogP contribution in [0.4, 0.5) is 5.69 Å². The molecule has 1 rings (SSSR count). The zero-order valence-corrected chi connectivity index (χ0v) is 9.70. The highest BCUT2D eigenvalue weighted by Gasteiger charge is 2.06. The second-order valence-electron chi connectivity index (χ2n) is 3.32. The molecule has 0 saturated heterocycles. The first-order valence-corrected chi connectivity index (χ1v) is 5.05. The van der Waals surface area contributed by atoms with Crippen molar-refractivity contribution in [3.63, 3.8) is 0 Å². The lowest BCUT2D eigenvalue weighted by Gasteiger charge is -2.06. The second kappa shape index (κ2) is 6.91. The summed E-state index contributed by atoms with van der Waals surface area (Å²) in [7, 11) is 0. The number of ether oxygens (including phenoxy) is 1. The number of hydrogen-bond acceptors (Lipinski definition) is 6. The molecule has 2 amide bonds. The summed E-state index contributed by atoms with van der Waals surface area (Å²) < 4.78 is 5.03. The maximum absolute atomic E-state index is 11.2. The lowest BCUT2D eigenvalue weighted by atomic mass is 10.3. The molecule has 0 aliphatic carbocycles. The molecule has 1 aromatic rings. The molecule has 0 aliphatic heterocycles. The smallest absolute Gasteiger partial charge is 0.281 e. The van der Waals surface area contributed by atoms with Gasteiger partial charge in [-0.25, -0.2) is 5.48 Å². The number of hydroxylamine groups is 1. The van der Waals surface area contributed by atoms with Crippen molar-refractivity contribution in [1.82, 2.24) is 5.48 Å². The molecule has 9 nitrogen and oxygen atoms in total. The van der Waals surface area contributed by atoms with Gasteiger partial charge in [0.2, 0.25) is 5.91 Å². The summed E-state index contributed by atoms with van der Waals surface area (Å²) in [6, 6.07) is 5.21. The maximum Gasteiger partial charge on any atom is 0.281 e. The van der Waals surface area contributed by atoms with Gasteiger partial charge in [-0.1, -0.05) is 0 Å². The fourth-order valence-corrected chi connectivity index (χ4v) is 1.03. The summed E-state index contributed by atoms with van der Waals surface area (Å²) in [6.07, 6.45) is 0. The predicted octanol–water partition coefficient (Wildman–Crippen LogP) is -0.493. The van der Waals surface area contributed by atoms with Crippen LogP contribution in [0.2, 0.25) is 0 Å². The Labute approximate surface area is 107 Å². The Kier molecular flexibility index (Phi) is 5.23. The van der Waals surface area contributed by atoms with Crippen molar-refractivity contribution < 1.29 is 24.1 Å². The van der Waals surface area contributed by atoms with Crippen LogP contribution in [-0.4, -0.2) is 30.0 Å². The molecule has 0 spiro atoms. The maximum atomic E-state index is 11.2. The molecular formula is C10H11N3O6. The molecule has 9 heteroatoms. The predicted molar refractivity (Wildman–Crippen MR) is 61.9 cm³/mol. The molecule has 3 N–H and O–H groups in total. The van der Waals surface area contributed by atoms with Crippen molar-refractivity contribution >= 4 is 17.5 Å². The van der Waals surface area contributed by atoms with Gasteiger partial charge in [-0.2, -0.15) is 0 Å². The Balaban J connectivity index is 2.33. The molecule has 1 aromatic carbocycles. The van der Waals surface area contributed by atoms with Gasteiger partial charge in [0.25, 0.3) is 11.6 Å². The van der Waals surface area contributed by atoms with Crippen molar-refractivity contribution in [2.45, 2.75) is 0 Å². The lowest BCUT2D eigenvalue weighted by molar-refractivity contribution is -0.384. The van der Waals surface area contributed by atoms with Gasteiger partial charge in [0, 0.05) is 12.1 Å². The van der Waals surface area contributed by atoms with Gasteiger partial charge in [-0.15, -0.1) is 0 Å². The van der Waals surface area contributed by atoms with Gasteiger partial charge in [-0.05, 0) is 12.1 Å². The van der Waals surface area contributed by atoms with E-state index in [0.717, 1.165) is 0 Å². The largest absolute Gasteiger partial charge is 0.484 e. The van der Waals surface area contributed by atoms with Crippen LogP contribution in [0.1, 0.15) is 0 Å². The zero-order valence-electron chi connectivity index (χ0n) is 9.70. The van der Waals surface area contributed by atoms with E-state index >= 15 is 0 Å². The lowest BCUT2D eigenvalue weighted by Crippen LogP contribution is -2.32. The van der Waals surface area contributed by atoms with Gasteiger partial charge < -0.3 is 10.5 Å². The topological polar surface area (TPSA) is 134 Å². The van der Waals surface area contributed by atoms with E-state index in [9.17, 15) is 19.7 Å². The molecule has 0 unspecified atom stereocenters. The van der Waals surface area contributed by atoms with E-state index in [2.05, 4.69) is 4.84 Å². The molecule has 102 valence electrons. The summed E-state index contributed by atoms with van der Waals surface area (Å²) in [5.41, 5.74) is 6.64. The Hall–Kier alpha value is -2.68. The van der Waals surface area contributed by atoms with Crippen molar-refractivity contribution in [3.05, 3.63) is 34.4 Å². The molecule has 0 atom stereocenters. The van der Waals surface area contributed by atoms with Crippen LogP contribution in [0.5, 0.6) is 5.75 Å². The van der Waals surface area contributed by atoms with Crippen LogP contribution >= 0.6 is 0 Å². The number of carbonyl (C=O) groups excluding carboxylic acids is 2. The van der Waals surface area contributed by atoms with Crippen LogP contribution in [0.25, 0.3) is 0 Å². The van der Waals surface area contributed by atoms with Crippen molar-refractivity contribution in [3.8, 4) is 5.75 Å². The second-order valence-corrected chi connectivity index (χ2v) is 3.32. The van der Waals surface area contributed by atoms with E-state index in [4.69, 9.17) is 10.5 Å². The Morgan fingerprint density at radius 2 is 1.89 bits per heavy atom.